The summed E-state index contributed by atoms with van der Waals surface area (Å²) in [4.78, 5) is 33.4. The molecule has 4 rings (SSSR count). The maximum atomic E-state index is 12.7. The van der Waals surface area contributed by atoms with E-state index in [1.54, 1.807) is 6.92 Å². The molecule has 1 aliphatic rings. The minimum absolute atomic E-state index is 0.206. The van der Waals surface area contributed by atoms with Gasteiger partial charge in [0.05, 0.1) is 17.9 Å². The van der Waals surface area contributed by atoms with Crippen molar-refractivity contribution in [2.45, 2.75) is 26.2 Å². The standard InChI is InChI=1S/C22H24F3N5O3/c1-2-33-21(32)18-12-26-30-19(31)11-17(27-20(18)30)14-29-9-7-28(8-10-29)13-15-3-5-16(6-4-15)22(23,24)25/h3-6,11-12,26H,2,7-10,13-14H2,1H3. The summed E-state index contributed by atoms with van der Waals surface area (Å²) in [6, 6.07) is 6.68. The number of aromatic nitrogens is 3. The van der Waals surface area contributed by atoms with Crippen LogP contribution in [0.5, 0.6) is 0 Å². The van der Waals surface area contributed by atoms with Gasteiger partial charge >= 0.3 is 12.1 Å². The molecule has 2 aromatic heterocycles. The number of fused-ring (bicyclic) bond motifs is 1. The Bertz CT molecular complexity index is 1180. The molecule has 3 aromatic rings. The monoisotopic (exact) mass is 463 g/mol. The first kappa shape index (κ1) is 23.0. The Labute approximate surface area is 187 Å². The number of ether oxygens (including phenoxy) is 1. The van der Waals surface area contributed by atoms with Gasteiger partial charge in [0, 0.05) is 51.5 Å². The number of carbonyl (C=O) groups is 1. The van der Waals surface area contributed by atoms with Gasteiger partial charge in [0.25, 0.3) is 5.56 Å². The van der Waals surface area contributed by atoms with Crippen LogP contribution in [0.1, 0.15) is 34.1 Å². The fourth-order valence-electron chi connectivity index (χ4n) is 3.86. The molecule has 1 N–H and O–H groups in total. The number of hydrogen-bond acceptors (Lipinski definition) is 6. The Hall–Kier alpha value is -3.18. The van der Waals surface area contributed by atoms with Crippen LogP contribution in [0.25, 0.3) is 5.65 Å². The number of rotatable bonds is 6. The molecule has 0 spiro atoms. The topological polar surface area (TPSA) is 82.9 Å². The van der Waals surface area contributed by atoms with Crippen molar-refractivity contribution in [3.8, 4) is 0 Å². The molecule has 3 heterocycles. The van der Waals surface area contributed by atoms with Gasteiger partial charge in [-0.1, -0.05) is 12.1 Å². The van der Waals surface area contributed by atoms with Crippen LogP contribution in [-0.4, -0.2) is 63.2 Å². The number of esters is 1. The van der Waals surface area contributed by atoms with E-state index in [0.717, 1.165) is 43.9 Å². The zero-order chi connectivity index (χ0) is 23.6. The van der Waals surface area contributed by atoms with Crippen molar-refractivity contribution in [3.63, 3.8) is 0 Å². The third-order valence-electron chi connectivity index (χ3n) is 5.58. The second-order valence-corrected chi connectivity index (χ2v) is 7.90. The van der Waals surface area contributed by atoms with Gasteiger partial charge in [0.2, 0.25) is 0 Å². The first-order valence-corrected chi connectivity index (χ1v) is 10.6. The highest BCUT2D eigenvalue weighted by Crippen LogP contribution is 2.29. The Morgan fingerprint density at radius 1 is 1.09 bits per heavy atom. The van der Waals surface area contributed by atoms with Crippen LogP contribution in [0, 0.1) is 0 Å². The molecule has 1 saturated heterocycles. The Morgan fingerprint density at radius 2 is 1.73 bits per heavy atom. The van der Waals surface area contributed by atoms with Crippen LogP contribution < -0.4 is 5.56 Å². The van der Waals surface area contributed by atoms with E-state index < -0.39 is 17.7 Å². The Kier molecular flexibility index (Phi) is 6.52. The summed E-state index contributed by atoms with van der Waals surface area (Å²) in [5.74, 6) is -0.544. The van der Waals surface area contributed by atoms with Crippen molar-refractivity contribution in [1.29, 1.82) is 0 Å². The molecule has 0 radical (unpaired) electrons. The van der Waals surface area contributed by atoms with E-state index in [9.17, 15) is 22.8 Å². The second kappa shape index (κ2) is 9.36. The quantitative estimate of drug-likeness (QED) is 0.566. The number of nitrogens with zero attached hydrogens (tertiary/aromatic N) is 4. The van der Waals surface area contributed by atoms with E-state index in [1.165, 1.54) is 28.9 Å². The number of aromatic amines is 1. The smallest absolute Gasteiger partial charge is 0.416 e. The lowest BCUT2D eigenvalue weighted by Crippen LogP contribution is -2.45. The van der Waals surface area contributed by atoms with E-state index in [4.69, 9.17) is 4.74 Å². The maximum absolute atomic E-state index is 12.7. The first-order chi connectivity index (χ1) is 15.7. The van der Waals surface area contributed by atoms with E-state index in [0.29, 0.717) is 18.8 Å². The largest absolute Gasteiger partial charge is 0.462 e. The minimum Gasteiger partial charge on any atom is -0.462 e. The Balaban J connectivity index is 1.37. The number of hydrogen-bond donors (Lipinski definition) is 1. The SMILES string of the molecule is CCOC(=O)c1c[nH]n2c(=O)cc(CN3CCN(Cc4ccc(C(F)(F)F)cc4)CC3)nc12. The molecule has 1 aliphatic heterocycles. The highest BCUT2D eigenvalue weighted by molar-refractivity contribution is 5.95. The lowest BCUT2D eigenvalue weighted by atomic mass is 10.1. The fourth-order valence-corrected chi connectivity index (χ4v) is 3.86. The van der Waals surface area contributed by atoms with Crippen LogP contribution in [0.3, 0.4) is 0 Å². The second-order valence-electron chi connectivity index (χ2n) is 7.90. The first-order valence-electron chi connectivity index (χ1n) is 10.6. The molecule has 0 bridgehead atoms. The summed E-state index contributed by atoms with van der Waals surface area (Å²) in [6.45, 7) is 5.86. The van der Waals surface area contributed by atoms with Gasteiger partial charge in [-0.25, -0.2) is 14.3 Å². The summed E-state index contributed by atoms with van der Waals surface area (Å²) in [5.41, 5.74) is 0.863. The molecule has 0 saturated carbocycles. The molecule has 1 fully saturated rings. The van der Waals surface area contributed by atoms with E-state index in [2.05, 4.69) is 19.9 Å². The van der Waals surface area contributed by atoms with Crippen LogP contribution in [-0.2, 0) is 24.0 Å². The van der Waals surface area contributed by atoms with Crippen LogP contribution >= 0.6 is 0 Å². The summed E-state index contributed by atoms with van der Waals surface area (Å²) in [5, 5.41) is 2.73. The van der Waals surface area contributed by atoms with Gasteiger partial charge in [0.15, 0.2) is 5.65 Å². The molecule has 0 aliphatic carbocycles. The molecule has 8 nitrogen and oxygen atoms in total. The lowest BCUT2D eigenvalue weighted by Gasteiger charge is -2.34. The molecule has 176 valence electrons. The number of benzene rings is 1. The van der Waals surface area contributed by atoms with Gasteiger partial charge in [0.1, 0.15) is 5.56 Å². The number of nitrogens with one attached hydrogen (secondary N) is 1. The minimum atomic E-state index is -4.33. The highest BCUT2D eigenvalue weighted by Gasteiger charge is 2.30. The average molecular weight is 463 g/mol. The molecule has 0 atom stereocenters. The zero-order valence-corrected chi connectivity index (χ0v) is 18.1. The maximum Gasteiger partial charge on any atom is 0.416 e. The highest BCUT2D eigenvalue weighted by atomic mass is 19.4. The average Bonchev–Trinajstić information content (AvgIpc) is 3.20. The lowest BCUT2D eigenvalue weighted by molar-refractivity contribution is -0.137. The van der Waals surface area contributed by atoms with Crippen LogP contribution in [0.2, 0.25) is 0 Å². The van der Waals surface area contributed by atoms with E-state index in [-0.39, 0.29) is 23.4 Å². The number of halogens is 3. The molecule has 0 unspecified atom stereocenters. The predicted octanol–water partition coefficient (Wildman–Crippen LogP) is 2.54. The van der Waals surface area contributed by atoms with E-state index in [1.807, 2.05) is 0 Å². The number of carbonyl (C=O) groups excluding carboxylic acids is 1. The number of piperazine rings is 1. The van der Waals surface area contributed by atoms with Crippen LogP contribution in [0.4, 0.5) is 13.2 Å². The summed E-state index contributed by atoms with van der Waals surface area (Å²) >= 11 is 0. The van der Waals surface area contributed by atoms with Crippen molar-refractivity contribution < 1.29 is 22.7 Å². The number of H-pyrrole nitrogens is 1. The van der Waals surface area contributed by atoms with Crippen molar-refractivity contribution in [3.05, 3.63) is 69.3 Å². The molecular weight excluding hydrogens is 439 g/mol. The number of alkyl halides is 3. The molecule has 0 amide bonds. The normalized spacial score (nSPS) is 15.8. The summed E-state index contributed by atoms with van der Waals surface area (Å²) in [6.07, 6.45) is -2.92. The summed E-state index contributed by atoms with van der Waals surface area (Å²) in [7, 11) is 0. The zero-order valence-electron chi connectivity index (χ0n) is 18.1. The molecular formula is C22H24F3N5O3. The Morgan fingerprint density at radius 3 is 2.33 bits per heavy atom. The third kappa shape index (κ3) is 5.25. The third-order valence-corrected chi connectivity index (χ3v) is 5.58. The van der Waals surface area contributed by atoms with Crippen molar-refractivity contribution in [1.82, 2.24) is 24.4 Å². The molecule has 11 heteroatoms. The van der Waals surface area contributed by atoms with Gasteiger partial charge in [-0.15, -0.1) is 0 Å². The molecule has 1 aromatic carbocycles. The van der Waals surface area contributed by atoms with Crippen molar-refractivity contribution in [2.24, 2.45) is 0 Å². The summed E-state index contributed by atoms with van der Waals surface area (Å²) < 4.78 is 44.4. The predicted molar refractivity (Wildman–Crippen MR) is 114 cm³/mol. The fraction of sp³-hybridized carbons (Fsp3) is 0.409. The van der Waals surface area contributed by atoms with Crippen molar-refractivity contribution in [2.75, 3.05) is 32.8 Å². The van der Waals surface area contributed by atoms with Gasteiger partial charge < -0.3 is 4.74 Å². The van der Waals surface area contributed by atoms with E-state index >= 15 is 0 Å². The van der Waals surface area contributed by atoms with Gasteiger partial charge in [-0.3, -0.25) is 19.7 Å². The van der Waals surface area contributed by atoms with Gasteiger partial charge in [-0.2, -0.15) is 13.2 Å². The van der Waals surface area contributed by atoms with Crippen molar-refractivity contribution >= 4 is 11.6 Å². The van der Waals surface area contributed by atoms with Crippen LogP contribution in [0.15, 0.2) is 41.3 Å². The molecule has 33 heavy (non-hydrogen) atoms. The van der Waals surface area contributed by atoms with Gasteiger partial charge in [-0.05, 0) is 24.6 Å².